The molecule has 0 bridgehead atoms. The lowest BCUT2D eigenvalue weighted by Crippen LogP contribution is -2.41. The van der Waals surface area contributed by atoms with Crippen LogP contribution in [0.2, 0.25) is 12.1 Å². The number of amides is 1. The van der Waals surface area contributed by atoms with Gasteiger partial charge in [0.1, 0.15) is 11.0 Å². The van der Waals surface area contributed by atoms with Gasteiger partial charge in [-0.15, -0.1) is 0 Å². The fourth-order valence-corrected chi connectivity index (χ4v) is 2.74. The quantitative estimate of drug-likeness (QED) is 0.840. The number of rotatable bonds is 2. The molecule has 7 heteroatoms. The summed E-state index contributed by atoms with van der Waals surface area (Å²) in [5.41, 5.74) is 1.83. The van der Waals surface area contributed by atoms with E-state index in [4.69, 9.17) is 7.74 Å². The molecule has 2 heterocycles. The number of benzene rings is 1. The van der Waals surface area contributed by atoms with E-state index in [1.54, 1.807) is 18.2 Å². The molecule has 0 spiro atoms. The summed E-state index contributed by atoms with van der Waals surface area (Å²) in [5, 5.41) is 10.5. The van der Waals surface area contributed by atoms with Crippen molar-refractivity contribution in [3.63, 3.8) is 0 Å². The third-order valence-electron chi connectivity index (χ3n) is 4.09. The highest BCUT2D eigenvalue weighted by Gasteiger charge is 2.27. The number of hydrogen-bond acceptors (Lipinski definition) is 4. The molecule has 0 aliphatic carbocycles. The van der Waals surface area contributed by atoms with Crippen LogP contribution in [0.15, 0.2) is 22.8 Å². The highest BCUT2D eigenvalue weighted by Crippen LogP contribution is 2.27. The Hall–Kier alpha value is -1.78. The Labute approximate surface area is 118 Å². The molecule has 20 heavy (non-hydrogen) atoms. The number of carbonyl (C=O) groups is 1. The monoisotopic (exact) mass is 267 g/mol. The molecule has 5 nitrogen and oxygen atoms in total. The van der Waals surface area contributed by atoms with Crippen molar-refractivity contribution in [2.45, 2.75) is 37.9 Å². The number of hydrogen-bond donors (Lipinski definition) is 1. The highest BCUT2D eigenvalue weighted by atomic mass is 16.6. The van der Waals surface area contributed by atoms with Crippen LogP contribution in [-0.4, -0.2) is 36.6 Å². The lowest BCUT2D eigenvalue weighted by atomic mass is 9.23. The van der Waals surface area contributed by atoms with E-state index in [2.05, 4.69) is 27.2 Å². The summed E-state index contributed by atoms with van der Waals surface area (Å²) >= 11 is 0. The third kappa shape index (κ3) is 2.57. The summed E-state index contributed by atoms with van der Waals surface area (Å²) in [6.45, 7) is 2.39. The number of fused-ring (bicyclic) bond motifs is 1. The zero-order valence-corrected chi connectivity index (χ0v) is 11.4. The molecule has 3 rings (SSSR count). The van der Waals surface area contributed by atoms with Crippen molar-refractivity contribution in [1.82, 2.24) is 15.6 Å². The first-order chi connectivity index (χ1) is 9.63. The van der Waals surface area contributed by atoms with Crippen LogP contribution in [0.1, 0.15) is 30.1 Å². The SMILES string of the molecule is [B]B1CCC(NC(=O)c2ccc3nonc3c2)CC1C. The van der Waals surface area contributed by atoms with Gasteiger partial charge in [-0.2, -0.15) is 0 Å². The van der Waals surface area contributed by atoms with Crippen LogP contribution in [0.25, 0.3) is 11.0 Å². The Morgan fingerprint density at radius 3 is 3.05 bits per heavy atom. The van der Waals surface area contributed by atoms with Crippen molar-refractivity contribution in [2.75, 3.05) is 0 Å². The largest absolute Gasteiger partial charge is 0.349 e. The van der Waals surface area contributed by atoms with E-state index in [-0.39, 0.29) is 18.6 Å². The first kappa shape index (κ1) is 13.2. The van der Waals surface area contributed by atoms with Crippen LogP contribution in [0.5, 0.6) is 0 Å². The summed E-state index contributed by atoms with van der Waals surface area (Å²) in [5.74, 6) is 0.360. The number of carbonyl (C=O) groups excluding carboxylic acids is 1. The maximum Gasteiger partial charge on any atom is 0.251 e. The Kier molecular flexibility index (Phi) is 3.51. The molecular formula is C13H15B2N3O2. The third-order valence-corrected chi connectivity index (χ3v) is 4.09. The molecule has 1 saturated heterocycles. The van der Waals surface area contributed by atoms with Crippen LogP contribution in [0.4, 0.5) is 0 Å². The van der Waals surface area contributed by atoms with E-state index in [1.807, 2.05) is 0 Å². The molecular weight excluding hydrogens is 252 g/mol. The fraction of sp³-hybridized carbons (Fsp3) is 0.462. The van der Waals surface area contributed by atoms with Crippen LogP contribution >= 0.6 is 0 Å². The van der Waals surface area contributed by atoms with Gasteiger partial charge in [0, 0.05) is 19.3 Å². The second-order valence-corrected chi connectivity index (χ2v) is 5.59. The minimum atomic E-state index is -0.0810. The smallest absolute Gasteiger partial charge is 0.251 e. The Morgan fingerprint density at radius 1 is 1.45 bits per heavy atom. The summed E-state index contributed by atoms with van der Waals surface area (Å²) in [6, 6.07) is 5.36. The second kappa shape index (κ2) is 5.31. The van der Waals surface area contributed by atoms with Crippen molar-refractivity contribution in [1.29, 1.82) is 0 Å². The van der Waals surface area contributed by atoms with Gasteiger partial charge in [-0.1, -0.05) is 19.1 Å². The summed E-state index contributed by atoms with van der Waals surface area (Å²) in [6.07, 6.45) is 2.82. The van der Waals surface area contributed by atoms with E-state index in [9.17, 15) is 4.79 Å². The molecule has 2 atom stereocenters. The molecule has 1 aliphatic heterocycles. The minimum Gasteiger partial charge on any atom is -0.349 e. The van der Waals surface area contributed by atoms with Gasteiger partial charge in [-0.3, -0.25) is 4.79 Å². The minimum absolute atomic E-state index is 0.0810. The van der Waals surface area contributed by atoms with Gasteiger partial charge in [-0.05, 0) is 41.4 Å². The maximum absolute atomic E-state index is 12.2. The first-order valence-corrected chi connectivity index (χ1v) is 6.92. The van der Waals surface area contributed by atoms with E-state index in [0.29, 0.717) is 22.4 Å². The van der Waals surface area contributed by atoms with Gasteiger partial charge >= 0.3 is 0 Å². The zero-order valence-electron chi connectivity index (χ0n) is 11.4. The maximum atomic E-state index is 12.2. The van der Waals surface area contributed by atoms with E-state index < -0.39 is 0 Å². The van der Waals surface area contributed by atoms with E-state index >= 15 is 0 Å². The van der Waals surface area contributed by atoms with Gasteiger partial charge in [0.05, 0.1) is 6.60 Å². The van der Waals surface area contributed by atoms with Gasteiger partial charge in [0.2, 0.25) is 0 Å². The van der Waals surface area contributed by atoms with Gasteiger partial charge < -0.3 is 5.32 Å². The molecule has 1 aromatic carbocycles. The van der Waals surface area contributed by atoms with Gasteiger partial charge in [-0.25, -0.2) is 4.63 Å². The van der Waals surface area contributed by atoms with E-state index in [1.165, 1.54) is 0 Å². The van der Waals surface area contributed by atoms with E-state index in [0.717, 1.165) is 19.2 Å². The lowest BCUT2D eigenvalue weighted by molar-refractivity contribution is 0.0932. The van der Waals surface area contributed by atoms with Crippen molar-refractivity contribution in [2.24, 2.45) is 0 Å². The molecule has 1 fully saturated rings. The van der Waals surface area contributed by atoms with Crippen molar-refractivity contribution < 1.29 is 9.42 Å². The average Bonchev–Trinajstić information content (AvgIpc) is 2.90. The number of nitrogens with one attached hydrogen (secondary N) is 1. The zero-order chi connectivity index (χ0) is 14.1. The predicted molar refractivity (Wildman–Crippen MR) is 78.0 cm³/mol. The molecule has 0 saturated carbocycles. The molecule has 1 aliphatic rings. The number of aromatic nitrogens is 2. The second-order valence-electron chi connectivity index (χ2n) is 5.59. The topological polar surface area (TPSA) is 68.0 Å². The van der Waals surface area contributed by atoms with Gasteiger partial charge in [0.25, 0.3) is 5.91 Å². The Morgan fingerprint density at radius 2 is 2.25 bits per heavy atom. The van der Waals surface area contributed by atoms with Crippen LogP contribution in [-0.2, 0) is 0 Å². The highest BCUT2D eigenvalue weighted by molar-refractivity contribution is 7.04. The normalized spacial score (nSPS) is 22.9. The van der Waals surface area contributed by atoms with Gasteiger partial charge in [0.15, 0.2) is 0 Å². The molecule has 2 unspecified atom stereocenters. The summed E-state index contributed by atoms with van der Waals surface area (Å²) < 4.78 is 4.63. The van der Waals surface area contributed by atoms with Crippen molar-refractivity contribution in [3.8, 4) is 0 Å². The molecule has 2 radical (unpaired) electrons. The van der Waals surface area contributed by atoms with Crippen molar-refractivity contribution >= 4 is 31.3 Å². The van der Waals surface area contributed by atoms with Crippen LogP contribution in [0.3, 0.4) is 0 Å². The fourth-order valence-electron chi connectivity index (χ4n) is 2.74. The predicted octanol–water partition coefficient (Wildman–Crippen LogP) is 1.67. The Balaban J connectivity index is 1.69. The lowest BCUT2D eigenvalue weighted by Gasteiger charge is -2.31. The average molecular weight is 267 g/mol. The Bertz CT molecular complexity index is 631. The molecule has 100 valence electrons. The number of nitrogens with zero attached hydrogens (tertiary/aromatic N) is 2. The molecule has 1 N–H and O–H groups in total. The molecule has 1 amide bonds. The standard InChI is InChI=1S/C13H15B2N3O2/c1-8-6-10(4-5-15(8)14)16-13(19)9-2-3-11-12(7-9)18-20-17-11/h2-3,7-8,10H,4-6H2,1H3,(H,16,19). The summed E-state index contributed by atoms with van der Waals surface area (Å²) in [7, 11) is 5.99. The molecule has 2 aromatic rings. The first-order valence-electron chi connectivity index (χ1n) is 6.92. The van der Waals surface area contributed by atoms with Crippen molar-refractivity contribution in [3.05, 3.63) is 23.8 Å². The van der Waals surface area contributed by atoms with Crippen LogP contribution < -0.4 is 5.32 Å². The molecule has 1 aromatic heterocycles. The summed E-state index contributed by atoms with van der Waals surface area (Å²) in [4.78, 5) is 12.2. The van der Waals surface area contributed by atoms with Crippen LogP contribution in [0, 0.1) is 0 Å².